The van der Waals surface area contributed by atoms with Gasteiger partial charge in [-0.05, 0) is 49.9 Å². The molecule has 2 heterocycles. The minimum absolute atomic E-state index is 0. The molecular formula is C24H28ClFN6O2. The number of nitrogens with one attached hydrogen (secondary N) is 2. The van der Waals surface area contributed by atoms with Crippen molar-refractivity contribution in [3.8, 4) is 11.6 Å². The Kier molecular flexibility index (Phi) is 8.59. The molecule has 0 bridgehead atoms. The first-order chi connectivity index (χ1) is 16.0. The molecule has 0 atom stereocenters. The number of ether oxygens (including phenoxy) is 1. The van der Waals surface area contributed by atoms with Gasteiger partial charge in [-0.25, -0.2) is 14.4 Å². The maximum absolute atomic E-state index is 13.8. The average molecular weight is 487 g/mol. The summed E-state index contributed by atoms with van der Waals surface area (Å²) in [5.41, 5.74) is 0.400. The van der Waals surface area contributed by atoms with Gasteiger partial charge in [0.15, 0.2) is 11.6 Å². The van der Waals surface area contributed by atoms with Crippen LogP contribution >= 0.6 is 12.4 Å². The zero-order valence-electron chi connectivity index (χ0n) is 19.1. The SMILES string of the molecule is CN(C)c1nc(NC2CCC(NC(=O)c3cccnc3Oc3ccccc3)CC2)ncc1F.Cl. The third-order valence-corrected chi connectivity index (χ3v) is 5.52. The van der Waals surface area contributed by atoms with Crippen LogP contribution in [0.25, 0.3) is 0 Å². The molecule has 3 aromatic rings. The largest absolute Gasteiger partial charge is 0.438 e. The van der Waals surface area contributed by atoms with Gasteiger partial charge in [-0.2, -0.15) is 4.98 Å². The van der Waals surface area contributed by atoms with E-state index < -0.39 is 5.82 Å². The lowest BCUT2D eigenvalue weighted by molar-refractivity contribution is 0.0923. The molecule has 10 heteroatoms. The molecule has 0 radical (unpaired) electrons. The fourth-order valence-corrected chi connectivity index (χ4v) is 3.81. The van der Waals surface area contributed by atoms with Crippen LogP contribution < -0.4 is 20.3 Å². The zero-order chi connectivity index (χ0) is 23.2. The topological polar surface area (TPSA) is 92.3 Å². The number of nitrogens with zero attached hydrogens (tertiary/aromatic N) is 4. The average Bonchev–Trinajstić information content (AvgIpc) is 2.82. The molecule has 1 amide bonds. The molecular weight excluding hydrogens is 459 g/mol. The standard InChI is InChI=1S/C24H27FN6O2.ClH/c1-31(2)21-20(25)15-27-24(30-21)29-17-12-10-16(11-13-17)28-22(32)19-9-6-14-26-23(19)33-18-7-4-3-5-8-18;/h3-9,14-17H,10-13H2,1-2H3,(H,28,32)(H,27,29,30);1H. The summed E-state index contributed by atoms with van der Waals surface area (Å²) in [5, 5.41) is 6.39. The van der Waals surface area contributed by atoms with E-state index in [1.807, 2.05) is 30.3 Å². The number of para-hydroxylation sites is 1. The van der Waals surface area contributed by atoms with E-state index in [0.717, 1.165) is 25.7 Å². The Morgan fingerprint density at radius 3 is 2.44 bits per heavy atom. The Hall–Kier alpha value is -3.46. The second-order valence-electron chi connectivity index (χ2n) is 8.20. The van der Waals surface area contributed by atoms with Crippen LogP contribution in [-0.4, -0.2) is 47.0 Å². The molecule has 1 aromatic carbocycles. The number of anilines is 2. The molecule has 8 nitrogen and oxygen atoms in total. The van der Waals surface area contributed by atoms with E-state index in [2.05, 4.69) is 25.6 Å². The summed E-state index contributed by atoms with van der Waals surface area (Å²) in [7, 11) is 3.48. The Morgan fingerprint density at radius 1 is 1.03 bits per heavy atom. The van der Waals surface area contributed by atoms with Gasteiger partial charge < -0.3 is 20.3 Å². The molecule has 34 heavy (non-hydrogen) atoms. The predicted molar refractivity (Wildman–Crippen MR) is 131 cm³/mol. The Labute approximate surface area is 204 Å². The van der Waals surface area contributed by atoms with E-state index in [-0.39, 0.29) is 42.1 Å². The second-order valence-corrected chi connectivity index (χ2v) is 8.20. The molecule has 2 N–H and O–H groups in total. The molecule has 4 rings (SSSR count). The van der Waals surface area contributed by atoms with E-state index in [9.17, 15) is 9.18 Å². The van der Waals surface area contributed by atoms with Crippen LogP contribution in [0.4, 0.5) is 16.2 Å². The zero-order valence-corrected chi connectivity index (χ0v) is 19.9. The second kappa shape index (κ2) is 11.6. The van der Waals surface area contributed by atoms with Crippen LogP contribution in [0.2, 0.25) is 0 Å². The molecule has 0 aliphatic heterocycles. The highest BCUT2D eigenvalue weighted by Crippen LogP contribution is 2.25. The third-order valence-electron chi connectivity index (χ3n) is 5.52. The van der Waals surface area contributed by atoms with Gasteiger partial charge in [-0.1, -0.05) is 18.2 Å². The summed E-state index contributed by atoms with van der Waals surface area (Å²) in [6.07, 6.45) is 6.07. The first kappa shape index (κ1) is 25.2. The molecule has 1 aliphatic carbocycles. The number of halogens is 2. The minimum Gasteiger partial charge on any atom is -0.438 e. The highest BCUT2D eigenvalue weighted by Gasteiger charge is 2.25. The first-order valence-corrected chi connectivity index (χ1v) is 10.9. The number of carbonyl (C=O) groups excluding carboxylic acids is 1. The minimum atomic E-state index is -0.456. The molecule has 1 saturated carbocycles. The molecule has 1 aliphatic rings. The monoisotopic (exact) mass is 486 g/mol. The number of amides is 1. The summed E-state index contributed by atoms with van der Waals surface area (Å²) >= 11 is 0. The summed E-state index contributed by atoms with van der Waals surface area (Å²) in [6.45, 7) is 0. The van der Waals surface area contributed by atoms with Crippen molar-refractivity contribution in [3.63, 3.8) is 0 Å². The van der Waals surface area contributed by atoms with Crippen molar-refractivity contribution in [1.82, 2.24) is 20.3 Å². The van der Waals surface area contributed by atoms with Crippen LogP contribution in [0.3, 0.4) is 0 Å². The number of hydrogen-bond donors (Lipinski definition) is 2. The van der Waals surface area contributed by atoms with Crippen LogP contribution in [0.15, 0.2) is 54.9 Å². The maximum Gasteiger partial charge on any atom is 0.257 e. The molecule has 180 valence electrons. The van der Waals surface area contributed by atoms with Crippen molar-refractivity contribution in [3.05, 3.63) is 66.2 Å². The smallest absolute Gasteiger partial charge is 0.257 e. The van der Waals surface area contributed by atoms with Crippen molar-refractivity contribution in [1.29, 1.82) is 0 Å². The lowest BCUT2D eigenvalue weighted by atomic mass is 9.91. The van der Waals surface area contributed by atoms with E-state index >= 15 is 0 Å². The fourth-order valence-electron chi connectivity index (χ4n) is 3.81. The van der Waals surface area contributed by atoms with Crippen molar-refractivity contribution in [2.24, 2.45) is 0 Å². The quantitative estimate of drug-likeness (QED) is 0.510. The van der Waals surface area contributed by atoms with Crippen molar-refractivity contribution in [2.45, 2.75) is 37.8 Å². The number of hydrogen-bond acceptors (Lipinski definition) is 7. The van der Waals surface area contributed by atoms with Gasteiger partial charge in [0, 0.05) is 32.4 Å². The maximum atomic E-state index is 13.8. The number of benzene rings is 1. The number of carbonyl (C=O) groups is 1. The fraction of sp³-hybridized carbons (Fsp3) is 0.333. The summed E-state index contributed by atoms with van der Waals surface area (Å²) in [6, 6.07) is 12.9. The molecule has 0 unspecified atom stereocenters. The molecule has 0 spiro atoms. The van der Waals surface area contributed by atoms with Crippen molar-refractivity contribution < 1.29 is 13.9 Å². The van der Waals surface area contributed by atoms with E-state index in [4.69, 9.17) is 4.74 Å². The molecule has 1 fully saturated rings. The first-order valence-electron chi connectivity index (χ1n) is 10.9. The van der Waals surface area contributed by atoms with Crippen LogP contribution in [0.5, 0.6) is 11.6 Å². The third kappa shape index (κ3) is 6.32. The van der Waals surface area contributed by atoms with Crippen molar-refractivity contribution >= 4 is 30.1 Å². The Bertz CT molecular complexity index is 1090. The predicted octanol–water partition coefficient (Wildman–Crippen LogP) is 4.44. The van der Waals surface area contributed by atoms with Gasteiger partial charge in [0.2, 0.25) is 11.8 Å². The van der Waals surface area contributed by atoms with Gasteiger partial charge in [0.05, 0.1) is 6.20 Å². The summed E-state index contributed by atoms with van der Waals surface area (Å²) in [4.78, 5) is 27.1. The summed E-state index contributed by atoms with van der Waals surface area (Å²) in [5.74, 6) is 0.897. The van der Waals surface area contributed by atoms with E-state index in [1.165, 1.54) is 6.20 Å². The van der Waals surface area contributed by atoms with Crippen LogP contribution in [0.1, 0.15) is 36.0 Å². The van der Waals surface area contributed by atoms with Gasteiger partial charge in [0.1, 0.15) is 11.3 Å². The van der Waals surface area contributed by atoms with Crippen LogP contribution in [0, 0.1) is 5.82 Å². The Morgan fingerprint density at radius 2 is 1.74 bits per heavy atom. The highest BCUT2D eigenvalue weighted by atomic mass is 35.5. The number of aromatic nitrogens is 3. The lowest BCUT2D eigenvalue weighted by Crippen LogP contribution is -2.40. The van der Waals surface area contributed by atoms with Gasteiger partial charge >= 0.3 is 0 Å². The summed E-state index contributed by atoms with van der Waals surface area (Å²) < 4.78 is 19.6. The Balaban J connectivity index is 0.00000324. The normalized spacial score (nSPS) is 17.3. The lowest BCUT2D eigenvalue weighted by Gasteiger charge is -2.30. The van der Waals surface area contributed by atoms with Crippen LogP contribution in [-0.2, 0) is 0 Å². The van der Waals surface area contributed by atoms with E-state index in [0.29, 0.717) is 17.3 Å². The van der Waals surface area contributed by atoms with Gasteiger partial charge in [-0.3, -0.25) is 4.79 Å². The highest BCUT2D eigenvalue weighted by molar-refractivity contribution is 5.96. The van der Waals surface area contributed by atoms with Gasteiger partial charge in [0.25, 0.3) is 5.91 Å². The van der Waals surface area contributed by atoms with E-state index in [1.54, 1.807) is 37.3 Å². The number of pyridine rings is 1. The van der Waals surface area contributed by atoms with Crippen molar-refractivity contribution in [2.75, 3.05) is 24.3 Å². The molecule has 2 aromatic heterocycles. The van der Waals surface area contributed by atoms with Gasteiger partial charge in [-0.15, -0.1) is 12.4 Å². The molecule has 0 saturated heterocycles. The number of rotatable bonds is 7.